The van der Waals surface area contributed by atoms with Crippen LogP contribution in [0.4, 0.5) is 0 Å². The molecule has 0 unspecified atom stereocenters. The van der Waals surface area contributed by atoms with Crippen LogP contribution < -0.4 is 0 Å². The number of hydrogen-bond acceptors (Lipinski definition) is 4. The predicted molar refractivity (Wildman–Crippen MR) is 85.4 cm³/mol. The molecule has 0 aliphatic carbocycles. The van der Waals surface area contributed by atoms with Gasteiger partial charge in [-0.25, -0.2) is 0 Å². The van der Waals surface area contributed by atoms with Gasteiger partial charge in [-0.1, -0.05) is 26.0 Å². The summed E-state index contributed by atoms with van der Waals surface area (Å²) in [5.74, 6) is 0.187. The standard InChI is InChI=1S/C17H24N2O3/c1-10(2)15-17(22)16(21)14(9-20)19(15)8-11-4-3-5-13-12(11)6-7-18-13/h3-7,10,14-18,20-22H,8-9H2,1-2H3/t14-,15+,16-,17+/m1/s1. The third-order valence-corrected chi connectivity index (χ3v) is 4.81. The van der Waals surface area contributed by atoms with Gasteiger partial charge in [0.25, 0.3) is 0 Å². The van der Waals surface area contributed by atoms with Crippen LogP contribution >= 0.6 is 0 Å². The number of nitrogens with zero attached hydrogens (tertiary/aromatic N) is 1. The van der Waals surface area contributed by atoms with Crippen molar-refractivity contribution < 1.29 is 15.3 Å². The van der Waals surface area contributed by atoms with Gasteiger partial charge in [0.2, 0.25) is 0 Å². The summed E-state index contributed by atoms with van der Waals surface area (Å²) in [7, 11) is 0. The molecule has 1 fully saturated rings. The van der Waals surface area contributed by atoms with Crippen LogP contribution in [0, 0.1) is 5.92 Å². The number of rotatable bonds is 4. The summed E-state index contributed by atoms with van der Waals surface area (Å²) in [6, 6.07) is 7.51. The molecule has 5 heteroatoms. The highest BCUT2D eigenvalue weighted by Gasteiger charge is 2.48. The molecule has 1 aliphatic rings. The zero-order valence-electron chi connectivity index (χ0n) is 13.0. The Balaban J connectivity index is 1.95. The van der Waals surface area contributed by atoms with E-state index in [4.69, 9.17) is 0 Å². The van der Waals surface area contributed by atoms with Crippen LogP contribution in [0.1, 0.15) is 19.4 Å². The lowest BCUT2D eigenvalue weighted by Crippen LogP contribution is -2.43. The van der Waals surface area contributed by atoms with Crippen LogP contribution in [0.3, 0.4) is 0 Å². The van der Waals surface area contributed by atoms with Gasteiger partial charge in [0.1, 0.15) is 0 Å². The second-order valence-corrected chi connectivity index (χ2v) is 6.49. The van der Waals surface area contributed by atoms with E-state index in [1.165, 1.54) is 0 Å². The van der Waals surface area contributed by atoms with E-state index in [1.54, 1.807) is 0 Å². The summed E-state index contributed by atoms with van der Waals surface area (Å²) in [5.41, 5.74) is 2.20. The minimum absolute atomic E-state index is 0.162. The number of aromatic amines is 1. The van der Waals surface area contributed by atoms with E-state index < -0.39 is 18.2 Å². The van der Waals surface area contributed by atoms with Gasteiger partial charge in [0.05, 0.1) is 24.9 Å². The number of likely N-dealkylation sites (tertiary alicyclic amines) is 1. The van der Waals surface area contributed by atoms with Crippen molar-refractivity contribution in [3.8, 4) is 0 Å². The predicted octanol–water partition coefficient (Wildman–Crippen LogP) is 1.09. The van der Waals surface area contributed by atoms with Crippen molar-refractivity contribution in [2.24, 2.45) is 5.92 Å². The first-order valence-corrected chi connectivity index (χ1v) is 7.82. The third-order valence-electron chi connectivity index (χ3n) is 4.81. The van der Waals surface area contributed by atoms with Gasteiger partial charge in [-0.2, -0.15) is 0 Å². The number of aliphatic hydroxyl groups excluding tert-OH is 3. The Labute approximate surface area is 130 Å². The lowest BCUT2D eigenvalue weighted by molar-refractivity contribution is 0.0145. The molecule has 0 radical (unpaired) electrons. The fraction of sp³-hybridized carbons (Fsp3) is 0.529. The summed E-state index contributed by atoms with van der Waals surface area (Å²) in [5, 5.41) is 31.4. The fourth-order valence-corrected chi connectivity index (χ4v) is 3.74. The van der Waals surface area contributed by atoms with Crippen molar-refractivity contribution in [3.63, 3.8) is 0 Å². The average molecular weight is 304 g/mol. The topological polar surface area (TPSA) is 79.7 Å². The van der Waals surface area contributed by atoms with Crippen LogP contribution in [0.5, 0.6) is 0 Å². The van der Waals surface area contributed by atoms with Crippen LogP contribution in [-0.4, -0.2) is 56.1 Å². The molecule has 4 atom stereocenters. The summed E-state index contributed by atoms with van der Waals surface area (Å²) in [6.07, 6.45) is 0.163. The quantitative estimate of drug-likeness (QED) is 0.682. The molecular weight excluding hydrogens is 280 g/mol. The van der Waals surface area contributed by atoms with Crippen molar-refractivity contribution in [1.82, 2.24) is 9.88 Å². The van der Waals surface area contributed by atoms with E-state index >= 15 is 0 Å². The van der Waals surface area contributed by atoms with Gasteiger partial charge >= 0.3 is 0 Å². The van der Waals surface area contributed by atoms with Gasteiger partial charge in [-0.05, 0) is 23.6 Å². The lowest BCUT2D eigenvalue weighted by Gasteiger charge is -2.32. The van der Waals surface area contributed by atoms with Crippen molar-refractivity contribution in [3.05, 3.63) is 36.0 Å². The summed E-state index contributed by atoms with van der Waals surface area (Å²) >= 11 is 0. The first kappa shape index (κ1) is 15.5. The minimum Gasteiger partial charge on any atom is -0.395 e. The molecule has 2 aromatic rings. The number of nitrogens with one attached hydrogen (secondary N) is 1. The molecule has 120 valence electrons. The molecule has 0 spiro atoms. The van der Waals surface area contributed by atoms with E-state index in [9.17, 15) is 15.3 Å². The van der Waals surface area contributed by atoms with E-state index in [1.807, 2.05) is 43.1 Å². The number of fused-ring (bicyclic) bond motifs is 1. The summed E-state index contributed by atoms with van der Waals surface area (Å²) in [6.45, 7) is 4.50. The summed E-state index contributed by atoms with van der Waals surface area (Å²) in [4.78, 5) is 5.24. The second-order valence-electron chi connectivity index (χ2n) is 6.49. The van der Waals surface area contributed by atoms with Crippen molar-refractivity contribution in [1.29, 1.82) is 0 Å². The molecule has 4 N–H and O–H groups in total. The van der Waals surface area contributed by atoms with Crippen molar-refractivity contribution >= 4 is 10.9 Å². The smallest absolute Gasteiger partial charge is 0.0991 e. The largest absolute Gasteiger partial charge is 0.395 e. The van der Waals surface area contributed by atoms with Gasteiger partial charge < -0.3 is 20.3 Å². The molecule has 1 aromatic carbocycles. The maximum absolute atomic E-state index is 10.3. The number of aliphatic hydroxyl groups is 3. The van der Waals surface area contributed by atoms with E-state index in [0.717, 1.165) is 16.5 Å². The normalized spacial score (nSPS) is 29.7. The molecule has 1 aromatic heterocycles. The first-order valence-electron chi connectivity index (χ1n) is 7.82. The zero-order chi connectivity index (χ0) is 15.9. The van der Waals surface area contributed by atoms with E-state index in [0.29, 0.717) is 6.54 Å². The Bertz CT molecular complexity index is 640. The summed E-state index contributed by atoms with van der Waals surface area (Å²) < 4.78 is 0. The highest BCUT2D eigenvalue weighted by atomic mass is 16.3. The number of benzene rings is 1. The Morgan fingerprint density at radius 1 is 1.18 bits per heavy atom. The average Bonchev–Trinajstić information content (AvgIpc) is 3.04. The van der Waals surface area contributed by atoms with Crippen LogP contribution in [-0.2, 0) is 6.54 Å². The van der Waals surface area contributed by atoms with Crippen molar-refractivity contribution in [2.75, 3.05) is 6.61 Å². The molecule has 5 nitrogen and oxygen atoms in total. The van der Waals surface area contributed by atoms with Crippen LogP contribution in [0.2, 0.25) is 0 Å². The van der Waals surface area contributed by atoms with E-state index in [2.05, 4.69) is 11.1 Å². The van der Waals surface area contributed by atoms with Gasteiger partial charge in [-0.15, -0.1) is 0 Å². The minimum atomic E-state index is -0.914. The Morgan fingerprint density at radius 2 is 1.95 bits per heavy atom. The molecule has 3 rings (SSSR count). The first-order chi connectivity index (χ1) is 10.5. The third kappa shape index (κ3) is 2.44. The fourth-order valence-electron chi connectivity index (χ4n) is 3.74. The Kier molecular flexibility index (Phi) is 4.23. The van der Waals surface area contributed by atoms with Gasteiger partial charge in [0, 0.05) is 29.7 Å². The number of aromatic nitrogens is 1. The number of hydrogen-bond donors (Lipinski definition) is 4. The molecular formula is C17H24N2O3. The SMILES string of the molecule is CC(C)[C@H]1[C@H](O)[C@H](O)[C@@H](CO)N1Cc1cccc2[nH]ccc12. The molecule has 0 saturated carbocycles. The highest BCUT2D eigenvalue weighted by Crippen LogP contribution is 2.32. The Hall–Kier alpha value is -1.40. The van der Waals surface area contributed by atoms with Crippen molar-refractivity contribution in [2.45, 2.75) is 44.7 Å². The molecule has 1 saturated heterocycles. The Morgan fingerprint density at radius 3 is 2.64 bits per heavy atom. The maximum Gasteiger partial charge on any atom is 0.0991 e. The van der Waals surface area contributed by atoms with E-state index in [-0.39, 0.29) is 18.6 Å². The monoisotopic (exact) mass is 304 g/mol. The second kappa shape index (κ2) is 6.01. The number of H-pyrrole nitrogens is 1. The maximum atomic E-state index is 10.3. The zero-order valence-corrected chi connectivity index (χ0v) is 13.0. The molecule has 0 bridgehead atoms. The lowest BCUT2D eigenvalue weighted by atomic mass is 9.98. The van der Waals surface area contributed by atoms with Gasteiger partial charge in [-0.3, -0.25) is 4.90 Å². The molecule has 22 heavy (non-hydrogen) atoms. The van der Waals surface area contributed by atoms with Crippen LogP contribution in [0.15, 0.2) is 30.5 Å². The molecule has 2 heterocycles. The van der Waals surface area contributed by atoms with Crippen LogP contribution in [0.25, 0.3) is 10.9 Å². The molecule has 1 aliphatic heterocycles. The van der Waals surface area contributed by atoms with Gasteiger partial charge in [0.15, 0.2) is 0 Å². The molecule has 0 amide bonds. The highest BCUT2D eigenvalue weighted by molar-refractivity contribution is 5.82.